The lowest BCUT2D eigenvalue weighted by Gasteiger charge is -2.18. The van der Waals surface area contributed by atoms with Crippen LogP contribution in [0.15, 0.2) is 47.5 Å². The lowest BCUT2D eigenvalue weighted by molar-refractivity contribution is -0.135. The summed E-state index contributed by atoms with van der Waals surface area (Å²) in [6.45, 7) is 6.07. The van der Waals surface area contributed by atoms with E-state index in [1.54, 1.807) is 31.1 Å². The average Bonchev–Trinajstić information content (AvgIpc) is 2.87. The number of aryl methyl sites for hydroxylation is 1. The molecule has 10 heteroatoms. The van der Waals surface area contributed by atoms with Crippen LogP contribution in [0.1, 0.15) is 59.0 Å². The molecule has 0 atom stereocenters. The summed E-state index contributed by atoms with van der Waals surface area (Å²) in [6, 6.07) is 12.8. The molecule has 0 spiro atoms. The van der Waals surface area contributed by atoms with E-state index < -0.39 is 18.4 Å². The second-order valence-corrected chi connectivity index (χ2v) is 7.60. The van der Waals surface area contributed by atoms with Crippen molar-refractivity contribution < 1.29 is 19.5 Å². The van der Waals surface area contributed by atoms with Gasteiger partial charge in [0.1, 0.15) is 6.54 Å². The third-order valence-electron chi connectivity index (χ3n) is 4.63. The first-order valence-corrected chi connectivity index (χ1v) is 11.7. The molecule has 0 aromatic heterocycles. The van der Waals surface area contributed by atoms with E-state index in [0.717, 1.165) is 18.4 Å². The van der Waals surface area contributed by atoms with E-state index in [4.69, 9.17) is 16.6 Å². The Morgan fingerprint density at radius 1 is 0.972 bits per heavy atom. The molecule has 2 rings (SSSR count). The standard InChI is InChI=1S/C22H27N3O4.C2H7N3.C2H6/c1-4-6-15-7-5-8-16(11-15)13-23-21(28)17-9-10-18(19(12-17)25(2)3)22(29)24-14-20(26)27;1-5-2(3)4;1-2/h5,7-12H,4,6,13-14H2,1-3H3,(H,23,28)(H,24,29)(H,26,27);1H3,(H4,3,4,5);1-2H3. The maximum absolute atomic E-state index is 12.6. The van der Waals surface area contributed by atoms with Crippen LogP contribution in [0.25, 0.3) is 0 Å². The number of benzene rings is 2. The van der Waals surface area contributed by atoms with Crippen LogP contribution in [0.2, 0.25) is 0 Å². The van der Waals surface area contributed by atoms with E-state index in [-0.39, 0.29) is 11.9 Å². The minimum Gasteiger partial charge on any atom is -0.480 e. The summed E-state index contributed by atoms with van der Waals surface area (Å²) in [7, 11) is 5.05. The second kappa shape index (κ2) is 17.4. The SMILES string of the molecule is CC.CCCc1cccc(CNC(=O)c2ccc(C(=O)NCC(=O)O)c(N(C)C)c2)c1.CN=C(N)N. The van der Waals surface area contributed by atoms with Gasteiger partial charge in [-0.1, -0.05) is 51.5 Å². The normalized spacial score (nSPS) is 9.39. The summed E-state index contributed by atoms with van der Waals surface area (Å²) in [5.41, 5.74) is 13.2. The molecule has 36 heavy (non-hydrogen) atoms. The zero-order valence-electron chi connectivity index (χ0n) is 22.1. The number of rotatable bonds is 9. The predicted molar refractivity (Wildman–Crippen MR) is 145 cm³/mol. The maximum atomic E-state index is 12.6. The van der Waals surface area contributed by atoms with Crippen molar-refractivity contribution in [1.29, 1.82) is 0 Å². The fourth-order valence-electron chi connectivity index (χ4n) is 2.95. The van der Waals surface area contributed by atoms with Crippen LogP contribution in [0.4, 0.5) is 5.69 Å². The van der Waals surface area contributed by atoms with Crippen molar-refractivity contribution in [2.75, 3.05) is 32.6 Å². The summed E-state index contributed by atoms with van der Waals surface area (Å²) < 4.78 is 0. The van der Waals surface area contributed by atoms with Gasteiger partial charge in [0.25, 0.3) is 11.8 Å². The van der Waals surface area contributed by atoms with Crippen LogP contribution in [0, 0.1) is 0 Å². The molecule has 0 aliphatic carbocycles. The molecule has 2 aromatic rings. The number of nitrogens with zero attached hydrogens (tertiary/aromatic N) is 2. The van der Waals surface area contributed by atoms with E-state index in [2.05, 4.69) is 34.7 Å². The highest BCUT2D eigenvalue weighted by Gasteiger charge is 2.16. The zero-order valence-corrected chi connectivity index (χ0v) is 22.1. The number of nitrogens with two attached hydrogens (primary N) is 2. The molecule has 2 amide bonds. The van der Waals surface area contributed by atoms with Crippen LogP contribution in [0.3, 0.4) is 0 Å². The Hall–Kier alpha value is -4.08. The van der Waals surface area contributed by atoms with Crippen LogP contribution in [-0.2, 0) is 17.8 Å². The average molecular weight is 501 g/mol. The summed E-state index contributed by atoms with van der Waals surface area (Å²) in [6.07, 6.45) is 2.06. The molecule has 0 fully saturated rings. The van der Waals surface area contributed by atoms with Crippen LogP contribution >= 0.6 is 0 Å². The number of guanidine groups is 1. The maximum Gasteiger partial charge on any atom is 0.322 e. The van der Waals surface area contributed by atoms with Crippen molar-refractivity contribution in [3.8, 4) is 0 Å². The van der Waals surface area contributed by atoms with Crippen molar-refractivity contribution in [2.24, 2.45) is 16.5 Å². The van der Waals surface area contributed by atoms with Crippen molar-refractivity contribution in [3.63, 3.8) is 0 Å². The summed E-state index contributed by atoms with van der Waals surface area (Å²) in [5, 5.41) is 14.0. The Bertz CT molecular complexity index is 1020. The van der Waals surface area contributed by atoms with Gasteiger partial charge in [-0.05, 0) is 35.7 Å². The second-order valence-electron chi connectivity index (χ2n) is 7.60. The molecule has 0 unspecified atom stereocenters. The molecule has 0 heterocycles. The summed E-state index contributed by atoms with van der Waals surface area (Å²) in [4.78, 5) is 40.6. The summed E-state index contributed by atoms with van der Waals surface area (Å²) in [5.74, 6) is -1.74. The van der Waals surface area contributed by atoms with Gasteiger partial charge in [-0.15, -0.1) is 0 Å². The molecule has 0 radical (unpaired) electrons. The van der Waals surface area contributed by atoms with Crippen molar-refractivity contribution in [1.82, 2.24) is 10.6 Å². The molecule has 0 saturated heterocycles. The van der Waals surface area contributed by atoms with Gasteiger partial charge >= 0.3 is 5.97 Å². The van der Waals surface area contributed by atoms with Gasteiger partial charge in [0.2, 0.25) is 0 Å². The lowest BCUT2D eigenvalue weighted by atomic mass is 10.1. The molecule has 7 N–H and O–H groups in total. The van der Waals surface area contributed by atoms with E-state index in [0.29, 0.717) is 23.4 Å². The number of aliphatic imine (C=N–C) groups is 1. The molecule has 0 bridgehead atoms. The minimum atomic E-state index is -1.12. The number of amides is 2. The smallest absolute Gasteiger partial charge is 0.322 e. The molecular weight excluding hydrogens is 460 g/mol. The lowest BCUT2D eigenvalue weighted by Crippen LogP contribution is -2.31. The Labute approximate surface area is 213 Å². The van der Waals surface area contributed by atoms with E-state index in [1.165, 1.54) is 18.7 Å². The monoisotopic (exact) mass is 500 g/mol. The number of aliphatic carboxylic acids is 1. The van der Waals surface area contributed by atoms with Gasteiger partial charge in [-0.25, -0.2) is 0 Å². The fourth-order valence-corrected chi connectivity index (χ4v) is 2.95. The highest BCUT2D eigenvalue weighted by atomic mass is 16.4. The highest BCUT2D eigenvalue weighted by molar-refractivity contribution is 6.03. The van der Waals surface area contributed by atoms with Gasteiger partial charge in [0, 0.05) is 38.9 Å². The molecule has 2 aromatic carbocycles. The van der Waals surface area contributed by atoms with E-state index in [9.17, 15) is 14.4 Å². The molecule has 10 nitrogen and oxygen atoms in total. The first kappa shape index (κ1) is 31.9. The number of anilines is 1. The Morgan fingerprint density at radius 2 is 1.58 bits per heavy atom. The third kappa shape index (κ3) is 11.9. The van der Waals surface area contributed by atoms with Gasteiger partial charge in [-0.2, -0.15) is 0 Å². The quantitative estimate of drug-likeness (QED) is 0.261. The van der Waals surface area contributed by atoms with Gasteiger partial charge in [0.05, 0.1) is 5.56 Å². The largest absolute Gasteiger partial charge is 0.480 e. The third-order valence-corrected chi connectivity index (χ3v) is 4.63. The number of hydrogen-bond donors (Lipinski definition) is 5. The number of carboxylic acids is 1. The van der Waals surface area contributed by atoms with Gasteiger partial charge in [-0.3, -0.25) is 19.4 Å². The number of carbonyl (C=O) groups excluding carboxylic acids is 2. The van der Waals surface area contributed by atoms with Crippen molar-refractivity contribution in [2.45, 2.75) is 40.2 Å². The number of carbonyl (C=O) groups is 3. The Kier molecular flexibility index (Phi) is 15.4. The zero-order chi connectivity index (χ0) is 27.7. The van der Waals surface area contributed by atoms with E-state index in [1.807, 2.05) is 26.0 Å². The number of nitrogens with one attached hydrogen (secondary N) is 2. The predicted octanol–water partition coefficient (Wildman–Crippen LogP) is 2.37. The topological polar surface area (TPSA) is 163 Å². The van der Waals surface area contributed by atoms with Crippen LogP contribution in [0.5, 0.6) is 0 Å². The van der Waals surface area contributed by atoms with Crippen molar-refractivity contribution >= 4 is 29.4 Å². The highest BCUT2D eigenvalue weighted by Crippen LogP contribution is 2.21. The van der Waals surface area contributed by atoms with Crippen molar-refractivity contribution in [3.05, 3.63) is 64.7 Å². The molecule has 0 saturated carbocycles. The van der Waals surface area contributed by atoms with E-state index >= 15 is 0 Å². The molecule has 198 valence electrons. The molecule has 0 aliphatic heterocycles. The minimum absolute atomic E-state index is 0.130. The molecule has 0 aliphatic rings. The first-order chi connectivity index (χ1) is 17.1. The van der Waals surface area contributed by atoms with Crippen LogP contribution in [-0.4, -0.2) is 56.5 Å². The number of carboxylic acid groups (broad SMARTS) is 1. The number of hydrogen-bond acceptors (Lipinski definition) is 5. The van der Waals surface area contributed by atoms with Crippen LogP contribution < -0.4 is 27.0 Å². The Balaban J connectivity index is 0.00000156. The summed E-state index contributed by atoms with van der Waals surface area (Å²) >= 11 is 0. The van der Waals surface area contributed by atoms with Gasteiger partial charge in [0.15, 0.2) is 5.96 Å². The fraction of sp³-hybridized carbons (Fsp3) is 0.385. The first-order valence-electron chi connectivity index (χ1n) is 11.7. The Morgan fingerprint density at radius 3 is 2.11 bits per heavy atom. The molecular formula is C26H40N6O4. The van der Waals surface area contributed by atoms with Gasteiger partial charge < -0.3 is 32.1 Å².